The highest BCUT2D eigenvalue weighted by atomic mass is 35.5. The van der Waals surface area contributed by atoms with Crippen molar-refractivity contribution in [2.75, 3.05) is 13.2 Å². The van der Waals surface area contributed by atoms with Gasteiger partial charge in [-0.3, -0.25) is 4.68 Å². The van der Waals surface area contributed by atoms with E-state index in [9.17, 15) is 0 Å². The lowest BCUT2D eigenvalue weighted by Gasteiger charge is -2.26. The molecule has 0 amide bonds. The fraction of sp³-hybridized carbons (Fsp3) is 0.786. The fourth-order valence-corrected chi connectivity index (χ4v) is 2.16. The monoisotopic (exact) mass is 287 g/mol. The number of aromatic nitrogens is 2. The summed E-state index contributed by atoms with van der Waals surface area (Å²) in [4.78, 5) is 0. The highest BCUT2D eigenvalue weighted by Gasteiger charge is 2.23. The predicted octanol–water partition coefficient (Wildman–Crippen LogP) is 3.58. The number of hydrogen-bond acceptors (Lipinski definition) is 3. The van der Waals surface area contributed by atoms with Gasteiger partial charge >= 0.3 is 0 Å². The number of ether oxygens (including phenoxy) is 1. The number of rotatable bonds is 6. The first-order chi connectivity index (χ1) is 8.76. The summed E-state index contributed by atoms with van der Waals surface area (Å²) in [6.07, 6.45) is 1.71. The highest BCUT2D eigenvalue weighted by molar-refractivity contribution is 6.31. The van der Waals surface area contributed by atoms with Gasteiger partial charge in [0.15, 0.2) is 0 Å². The van der Waals surface area contributed by atoms with E-state index >= 15 is 0 Å². The van der Waals surface area contributed by atoms with Crippen molar-refractivity contribution in [3.05, 3.63) is 16.9 Å². The van der Waals surface area contributed by atoms with E-state index in [4.69, 9.17) is 16.3 Å². The van der Waals surface area contributed by atoms with Gasteiger partial charge in [-0.15, -0.1) is 0 Å². The molecule has 1 rings (SSSR count). The molecule has 1 aromatic rings. The number of likely N-dealkylation sites (N-methyl/N-ethyl adjacent to an activating group) is 1. The van der Waals surface area contributed by atoms with Crippen LogP contribution < -0.4 is 5.32 Å². The third-order valence-electron chi connectivity index (χ3n) is 2.74. The Labute approximate surface area is 121 Å². The number of hydrogen-bond donors (Lipinski definition) is 1. The van der Waals surface area contributed by atoms with Crippen molar-refractivity contribution in [1.29, 1.82) is 0 Å². The van der Waals surface area contributed by atoms with Crippen LogP contribution in [0.25, 0.3) is 0 Å². The molecule has 1 atom stereocenters. The van der Waals surface area contributed by atoms with Crippen LogP contribution in [0, 0.1) is 0 Å². The fourth-order valence-electron chi connectivity index (χ4n) is 1.90. The maximum Gasteiger partial charge on any atom is 0.0835 e. The van der Waals surface area contributed by atoms with Crippen molar-refractivity contribution < 1.29 is 4.74 Å². The zero-order valence-corrected chi connectivity index (χ0v) is 13.6. The molecular formula is C14H26ClN3O. The average Bonchev–Trinajstić information content (AvgIpc) is 2.65. The number of halogens is 1. The molecule has 0 spiro atoms. The van der Waals surface area contributed by atoms with Gasteiger partial charge in [-0.2, -0.15) is 5.10 Å². The van der Waals surface area contributed by atoms with Crippen molar-refractivity contribution >= 4 is 11.6 Å². The van der Waals surface area contributed by atoms with Crippen LogP contribution in [0.2, 0.25) is 5.02 Å². The molecule has 1 unspecified atom stereocenters. The summed E-state index contributed by atoms with van der Waals surface area (Å²) in [7, 11) is 0. The summed E-state index contributed by atoms with van der Waals surface area (Å²) >= 11 is 6.29. The van der Waals surface area contributed by atoms with Crippen LogP contribution in [0.15, 0.2) is 6.20 Å². The molecule has 0 bridgehead atoms. The van der Waals surface area contributed by atoms with Crippen molar-refractivity contribution in [2.24, 2.45) is 0 Å². The molecule has 0 aromatic carbocycles. The van der Waals surface area contributed by atoms with Gasteiger partial charge in [-0.25, -0.2) is 0 Å². The summed E-state index contributed by atoms with van der Waals surface area (Å²) in [6, 6.07) is 0.333. The molecule has 19 heavy (non-hydrogen) atoms. The van der Waals surface area contributed by atoms with Gasteiger partial charge in [-0.1, -0.05) is 18.5 Å². The molecule has 1 N–H and O–H groups in total. The third kappa shape index (κ3) is 4.79. The minimum Gasteiger partial charge on any atom is -0.374 e. The average molecular weight is 288 g/mol. The Balaban J connectivity index is 2.95. The Morgan fingerprint density at radius 1 is 1.42 bits per heavy atom. The Hall–Kier alpha value is -0.580. The van der Waals surface area contributed by atoms with Crippen LogP contribution in [0.4, 0.5) is 0 Å². The second kappa shape index (κ2) is 6.73. The zero-order valence-electron chi connectivity index (χ0n) is 12.8. The molecule has 4 nitrogen and oxygen atoms in total. The van der Waals surface area contributed by atoms with Crippen LogP contribution in [-0.4, -0.2) is 28.5 Å². The van der Waals surface area contributed by atoms with Crippen LogP contribution in [0.1, 0.15) is 59.3 Å². The van der Waals surface area contributed by atoms with Crippen LogP contribution in [0.3, 0.4) is 0 Å². The first kappa shape index (κ1) is 16.5. The largest absolute Gasteiger partial charge is 0.374 e. The van der Waals surface area contributed by atoms with E-state index in [1.54, 1.807) is 6.20 Å². The van der Waals surface area contributed by atoms with Crippen molar-refractivity contribution in [2.45, 2.75) is 59.2 Å². The van der Waals surface area contributed by atoms with Crippen molar-refractivity contribution in [3.63, 3.8) is 0 Å². The standard InChI is InChI=1S/C14H26ClN3O/c1-7-16-12(9-19-14(4,5)6)13-11(15)8-17-18(13)10(2)3/h8,10,12,16H,7,9H2,1-6H3. The molecule has 0 aliphatic heterocycles. The summed E-state index contributed by atoms with van der Waals surface area (Å²) in [5.41, 5.74) is 0.839. The van der Waals surface area contributed by atoms with E-state index < -0.39 is 0 Å². The molecule has 5 heteroatoms. The first-order valence-corrected chi connectivity index (χ1v) is 7.24. The van der Waals surface area contributed by atoms with Crippen molar-refractivity contribution in [3.8, 4) is 0 Å². The summed E-state index contributed by atoms with van der Waals surface area (Å²) in [6.45, 7) is 13.9. The van der Waals surface area contributed by atoms with Gasteiger partial charge < -0.3 is 10.1 Å². The van der Waals surface area contributed by atoms with E-state index in [0.29, 0.717) is 11.6 Å². The minimum absolute atomic E-state index is 0.0571. The molecule has 110 valence electrons. The van der Waals surface area contributed by atoms with E-state index in [2.05, 4.69) is 52.0 Å². The van der Waals surface area contributed by atoms with Gasteiger partial charge in [-0.05, 0) is 41.2 Å². The highest BCUT2D eigenvalue weighted by Crippen LogP contribution is 2.26. The maximum atomic E-state index is 6.29. The zero-order chi connectivity index (χ0) is 14.6. The van der Waals surface area contributed by atoms with Gasteiger partial charge in [0, 0.05) is 6.04 Å². The lowest BCUT2D eigenvalue weighted by molar-refractivity contribution is -0.0157. The summed E-state index contributed by atoms with van der Waals surface area (Å²) in [5, 5.41) is 8.47. The molecule has 0 saturated heterocycles. The topological polar surface area (TPSA) is 39.1 Å². The van der Waals surface area contributed by atoms with E-state index in [1.807, 2.05) is 4.68 Å². The van der Waals surface area contributed by atoms with Gasteiger partial charge in [0.05, 0.1) is 35.2 Å². The van der Waals surface area contributed by atoms with Crippen molar-refractivity contribution in [1.82, 2.24) is 15.1 Å². The number of nitrogens with one attached hydrogen (secondary N) is 1. The van der Waals surface area contributed by atoms with Crippen LogP contribution >= 0.6 is 11.6 Å². The molecule has 0 fully saturated rings. The van der Waals surface area contributed by atoms with Gasteiger partial charge in [0.2, 0.25) is 0 Å². The number of nitrogens with zero attached hydrogens (tertiary/aromatic N) is 2. The molecule has 0 aliphatic carbocycles. The maximum absolute atomic E-state index is 6.29. The Kier molecular flexibility index (Phi) is 5.83. The van der Waals surface area contributed by atoms with E-state index in [1.165, 1.54) is 0 Å². The normalized spacial score (nSPS) is 14.1. The second-order valence-electron chi connectivity index (χ2n) is 5.95. The quantitative estimate of drug-likeness (QED) is 0.869. The van der Waals surface area contributed by atoms with Gasteiger partial charge in [0.1, 0.15) is 0 Å². The second-order valence-corrected chi connectivity index (χ2v) is 6.36. The Bertz CT molecular complexity index is 396. The van der Waals surface area contributed by atoms with Crippen LogP contribution in [0.5, 0.6) is 0 Å². The smallest absolute Gasteiger partial charge is 0.0835 e. The molecule has 0 radical (unpaired) electrons. The lowest BCUT2D eigenvalue weighted by Crippen LogP contribution is -2.32. The summed E-state index contributed by atoms with van der Waals surface area (Å²) < 4.78 is 7.86. The minimum atomic E-state index is -0.164. The van der Waals surface area contributed by atoms with E-state index in [0.717, 1.165) is 12.2 Å². The predicted molar refractivity (Wildman–Crippen MR) is 79.7 cm³/mol. The molecule has 0 saturated carbocycles. The SMILES string of the molecule is CCNC(COC(C)(C)C)c1c(Cl)cnn1C(C)C. The Morgan fingerprint density at radius 3 is 2.53 bits per heavy atom. The summed E-state index contributed by atoms with van der Waals surface area (Å²) in [5.74, 6) is 0. The Morgan fingerprint density at radius 2 is 2.05 bits per heavy atom. The molecule has 1 aromatic heterocycles. The first-order valence-electron chi connectivity index (χ1n) is 6.86. The molecule has 0 aliphatic rings. The van der Waals surface area contributed by atoms with Crippen LogP contribution in [-0.2, 0) is 4.74 Å². The molecule has 1 heterocycles. The van der Waals surface area contributed by atoms with E-state index in [-0.39, 0.29) is 17.7 Å². The molecular weight excluding hydrogens is 262 g/mol. The third-order valence-corrected chi connectivity index (χ3v) is 3.03. The lowest BCUT2D eigenvalue weighted by atomic mass is 10.1. The van der Waals surface area contributed by atoms with Gasteiger partial charge in [0.25, 0.3) is 0 Å².